The highest BCUT2D eigenvalue weighted by Crippen LogP contribution is 2.23. The van der Waals surface area contributed by atoms with Crippen molar-refractivity contribution in [2.75, 3.05) is 19.6 Å². The highest BCUT2D eigenvalue weighted by Gasteiger charge is 2.40. The third kappa shape index (κ3) is 11.3. The maximum atomic E-state index is 13.3. The number of carbonyl (C=O) groups is 4. The molecule has 0 radical (unpaired) electrons. The number of unbranched alkanes of at least 4 members (excludes halogenated alkanes) is 1. The van der Waals surface area contributed by atoms with Crippen LogP contribution in [0.15, 0.2) is 30.3 Å². The Morgan fingerprint density at radius 3 is 2.10 bits per heavy atom. The van der Waals surface area contributed by atoms with Crippen molar-refractivity contribution in [3.8, 4) is 0 Å². The van der Waals surface area contributed by atoms with Gasteiger partial charge in [-0.1, -0.05) is 30.3 Å². The molecule has 11 nitrogen and oxygen atoms in total. The summed E-state index contributed by atoms with van der Waals surface area (Å²) in [5.74, 6) is -3.16. The molecule has 1 fully saturated rings. The van der Waals surface area contributed by atoms with Gasteiger partial charge in [-0.15, -0.1) is 0 Å². The Morgan fingerprint density at radius 2 is 1.54 bits per heavy atom. The summed E-state index contributed by atoms with van der Waals surface area (Å²) in [5, 5.41) is 14.4. The summed E-state index contributed by atoms with van der Waals surface area (Å²) in [4.78, 5) is 52.3. The first kappa shape index (κ1) is 34.0. The van der Waals surface area contributed by atoms with Crippen LogP contribution in [0.5, 0.6) is 0 Å². The van der Waals surface area contributed by atoms with Gasteiger partial charge in [0.05, 0.1) is 6.04 Å². The van der Waals surface area contributed by atoms with Crippen molar-refractivity contribution in [3.05, 3.63) is 35.9 Å². The maximum Gasteiger partial charge on any atom is 0.389 e. The number of aliphatic carboxylic acids is 1. The van der Waals surface area contributed by atoms with E-state index in [-0.39, 0.29) is 45.2 Å². The lowest BCUT2D eigenvalue weighted by Gasteiger charge is -2.38. The fourth-order valence-electron chi connectivity index (χ4n) is 4.60. The lowest BCUT2D eigenvalue weighted by Crippen LogP contribution is -2.60. The van der Waals surface area contributed by atoms with Gasteiger partial charge in [0.2, 0.25) is 17.7 Å². The number of carbonyl (C=O) groups excluding carboxylic acids is 3. The van der Waals surface area contributed by atoms with E-state index in [1.165, 1.54) is 4.90 Å². The zero-order chi connectivity index (χ0) is 30.6. The second-order valence-corrected chi connectivity index (χ2v) is 10.5. The zero-order valence-electron chi connectivity index (χ0n) is 23.0. The highest BCUT2D eigenvalue weighted by atomic mass is 19.4. The van der Waals surface area contributed by atoms with Crippen molar-refractivity contribution in [2.45, 2.75) is 87.6 Å². The number of benzene rings is 1. The number of piperidine rings is 1. The standard InChI is InChI=1S/C27H41F3N6O5/c28-27(29,30)11-6-10-20(34-22(37)19(32)17-18-7-2-1-3-8-18)23(38)35-21(9-4-5-14-31)24(39)36-15-12-26(33,13-16-36)25(40)41/h1-3,7-8,19-21H,4-6,9-17,31-33H2,(H,34,37)(H,35,38)(H,40,41)/t19-,20?,21-/m1/s1. The van der Waals surface area contributed by atoms with Gasteiger partial charge < -0.3 is 37.8 Å². The topological polar surface area (TPSA) is 194 Å². The zero-order valence-corrected chi connectivity index (χ0v) is 23.0. The van der Waals surface area contributed by atoms with E-state index in [4.69, 9.17) is 17.2 Å². The van der Waals surface area contributed by atoms with Gasteiger partial charge in [-0.25, -0.2) is 0 Å². The van der Waals surface area contributed by atoms with E-state index in [0.29, 0.717) is 19.4 Å². The fraction of sp³-hybridized carbons (Fsp3) is 0.630. The van der Waals surface area contributed by atoms with E-state index in [2.05, 4.69) is 10.6 Å². The average Bonchev–Trinajstić information content (AvgIpc) is 2.91. The number of hydrogen-bond acceptors (Lipinski definition) is 7. The third-order valence-corrected chi connectivity index (χ3v) is 7.18. The van der Waals surface area contributed by atoms with Crippen molar-refractivity contribution in [2.24, 2.45) is 17.2 Å². The van der Waals surface area contributed by atoms with Crippen LogP contribution in [-0.2, 0) is 25.6 Å². The van der Waals surface area contributed by atoms with Crippen molar-refractivity contribution < 1.29 is 37.5 Å². The van der Waals surface area contributed by atoms with Crippen LogP contribution in [-0.4, -0.2) is 83.2 Å². The molecule has 0 aliphatic carbocycles. The number of nitrogens with zero attached hydrogens (tertiary/aromatic N) is 1. The van der Waals surface area contributed by atoms with Crippen LogP contribution in [0.1, 0.15) is 56.9 Å². The molecule has 3 amide bonds. The average molecular weight is 587 g/mol. The molecule has 1 saturated heterocycles. The molecule has 0 bridgehead atoms. The molecule has 0 aromatic heterocycles. The van der Waals surface area contributed by atoms with Crippen LogP contribution < -0.4 is 27.8 Å². The molecular weight excluding hydrogens is 545 g/mol. The Kier molecular flexibility index (Phi) is 13.0. The summed E-state index contributed by atoms with van der Waals surface area (Å²) in [6, 6.07) is 5.40. The molecule has 1 aliphatic heterocycles. The van der Waals surface area contributed by atoms with Crippen molar-refractivity contribution in [1.82, 2.24) is 15.5 Å². The number of carboxylic acid groups (broad SMARTS) is 1. The molecule has 0 spiro atoms. The molecule has 2 rings (SSSR count). The molecule has 1 aromatic rings. The number of nitrogens with one attached hydrogen (secondary N) is 2. The number of halogens is 3. The van der Waals surface area contributed by atoms with Gasteiger partial charge in [-0.3, -0.25) is 19.2 Å². The van der Waals surface area contributed by atoms with Gasteiger partial charge in [0.15, 0.2) is 0 Å². The first-order valence-electron chi connectivity index (χ1n) is 13.7. The molecule has 14 heteroatoms. The molecular formula is C27H41F3N6O5. The maximum absolute atomic E-state index is 13.3. The van der Waals surface area contributed by atoms with Gasteiger partial charge in [-0.05, 0) is 63.5 Å². The summed E-state index contributed by atoms with van der Waals surface area (Å²) < 4.78 is 38.5. The van der Waals surface area contributed by atoms with Gasteiger partial charge in [0, 0.05) is 19.5 Å². The summed E-state index contributed by atoms with van der Waals surface area (Å²) in [6.45, 7) is 0.470. The highest BCUT2D eigenvalue weighted by molar-refractivity contribution is 5.93. The lowest BCUT2D eigenvalue weighted by atomic mass is 9.88. The Bertz CT molecular complexity index is 1020. The van der Waals surface area contributed by atoms with E-state index < -0.39 is 66.4 Å². The van der Waals surface area contributed by atoms with Crippen molar-refractivity contribution >= 4 is 23.7 Å². The quantitative estimate of drug-likeness (QED) is 0.162. The summed E-state index contributed by atoms with van der Waals surface area (Å²) in [7, 11) is 0. The minimum absolute atomic E-state index is 0.0208. The number of rotatable bonds is 15. The van der Waals surface area contributed by atoms with Gasteiger partial charge in [-0.2, -0.15) is 13.2 Å². The van der Waals surface area contributed by atoms with Gasteiger partial charge in [0.25, 0.3) is 0 Å². The molecule has 41 heavy (non-hydrogen) atoms. The molecule has 1 aromatic carbocycles. The SMILES string of the molecule is NCCCC[C@@H](NC(=O)C(CCCC(F)(F)F)NC(=O)[C@H](N)Cc1ccccc1)C(=O)N1CCC(N)(C(=O)O)CC1. The monoisotopic (exact) mass is 586 g/mol. The number of nitrogens with two attached hydrogens (primary N) is 3. The minimum Gasteiger partial charge on any atom is -0.480 e. The van der Waals surface area contributed by atoms with E-state index in [1.54, 1.807) is 30.3 Å². The molecule has 230 valence electrons. The smallest absolute Gasteiger partial charge is 0.389 e. The first-order chi connectivity index (χ1) is 19.3. The molecule has 1 unspecified atom stereocenters. The third-order valence-electron chi connectivity index (χ3n) is 7.18. The lowest BCUT2D eigenvalue weighted by molar-refractivity contribution is -0.148. The Morgan fingerprint density at radius 1 is 0.951 bits per heavy atom. The normalized spacial score (nSPS) is 17.3. The number of hydrogen-bond donors (Lipinski definition) is 6. The second kappa shape index (κ2) is 15.7. The van der Waals surface area contributed by atoms with Crippen molar-refractivity contribution in [1.29, 1.82) is 0 Å². The van der Waals surface area contributed by atoms with Crippen LogP contribution in [0.4, 0.5) is 13.2 Å². The molecule has 1 heterocycles. The minimum atomic E-state index is -4.45. The Hall–Kier alpha value is -3.23. The Balaban J connectivity index is 2.14. The summed E-state index contributed by atoms with van der Waals surface area (Å²) in [6.07, 6.45) is -4.93. The van der Waals surface area contributed by atoms with Crippen LogP contribution in [0, 0.1) is 0 Å². The second-order valence-electron chi connectivity index (χ2n) is 10.5. The van der Waals surface area contributed by atoms with Gasteiger partial charge >= 0.3 is 12.1 Å². The van der Waals surface area contributed by atoms with Crippen LogP contribution in [0.2, 0.25) is 0 Å². The number of alkyl halides is 3. The molecule has 9 N–H and O–H groups in total. The van der Waals surface area contributed by atoms with E-state index in [9.17, 15) is 37.5 Å². The molecule has 0 saturated carbocycles. The number of carboxylic acids is 1. The molecule has 1 aliphatic rings. The predicted molar refractivity (Wildman–Crippen MR) is 145 cm³/mol. The summed E-state index contributed by atoms with van der Waals surface area (Å²) in [5.41, 5.74) is 16.8. The van der Waals surface area contributed by atoms with Crippen LogP contribution in [0.25, 0.3) is 0 Å². The Labute approximate surface area is 237 Å². The van der Waals surface area contributed by atoms with Crippen LogP contribution in [0.3, 0.4) is 0 Å². The van der Waals surface area contributed by atoms with E-state index in [1.807, 2.05) is 0 Å². The van der Waals surface area contributed by atoms with E-state index in [0.717, 1.165) is 5.56 Å². The van der Waals surface area contributed by atoms with Gasteiger partial charge in [0.1, 0.15) is 17.6 Å². The van der Waals surface area contributed by atoms with Crippen molar-refractivity contribution in [3.63, 3.8) is 0 Å². The van der Waals surface area contributed by atoms with Crippen LogP contribution >= 0.6 is 0 Å². The number of amides is 3. The number of likely N-dealkylation sites (tertiary alicyclic amines) is 1. The largest absolute Gasteiger partial charge is 0.480 e. The summed E-state index contributed by atoms with van der Waals surface area (Å²) >= 11 is 0. The van der Waals surface area contributed by atoms with E-state index >= 15 is 0 Å². The predicted octanol–water partition coefficient (Wildman–Crippen LogP) is 0.792. The fourth-order valence-corrected chi connectivity index (χ4v) is 4.60. The first-order valence-corrected chi connectivity index (χ1v) is 13.7. The molecule has 3 atom stereocenters.